The number of carbonyl (C=O) groups is 1. The number of benzene rings is 2. The van der Waals surface area contributed by atoms with Crippen LogP contribution in [0.3, 0.4) is 0 Å². The van der Waals surface area contributed by atoms with Crippen LogP contribution in [0, 0.1) is 6.92 Å². The van der Waals surface area contributed by atoms with Gasteiger partial charge < -0.3 is 19.7 Å². The molecule has 35 heavy (non-hydrogen) atoms. The SMILES string of the molecule is Cc1c(C(=O)Nc2ccc(N3CCOCC3(C)C)nc2)cccc1-c1ccc(OC(F)(F)F)cc1. The molecule has 2 heterocycles. The minimum absolute atomic E-state index is 0.176. The van der Waals surface area contributed by atoms with E-state index in [9.17, 15) is 18.0 Å². The zero-order chi connectivity index (χ0) is 25.2. The lowest BCUT2D eigenvalue weighted by atomic mass is 9.96. The smallest absolute Gasteiger partial charge is 0.406 e. The van der Waals surface area contributed by atoms with Gasteiger partial charge in [0.25, 0.3) is 5.91 Å². The van der Waals surface area contributed by atoms with E-state index < -0.39 is 6.36 Å². The van der Waals surface area contributed by atoms with Gasteiger partial charge in [0.15, 0.2) is 0 Å². The third-order valence-corrected chi connectivity index (χ3v) is 5.90. The molecule has 1 saturated heterocycles. The van der Waals surface area contributed by atoms with Gasteiger partial charge in [-0.2, -0.15) is 0 Å². The van der Waals surface area contributed by atoms with E-state index in [0.717, 1.165) is 17.9 Å². The van der Waals surface area contributed by atoms with Gasteiger partial charge in [-0.05, 0) is 67.8 Å². The number of hydrogen-bond acceptors (Lipinski definition) is 5. The molecular formula is C26H26F3N3O3. The third kappa shape index (κ3) is 5.74. The maximum atomic E-state index is 13.0. The second-order valence-electron chi connectivity index (χ2n) is 8.93. The standard InChI is InChI=1S/C26H26F3N3O3/c1-17-21(18-7-10-20(11-8-18)35-26(27,28)29)5-4-6-22(17)24(33)31-19-9-12-23(30-15-19)32-13-14-34-16-25(32,2)3/h4-12,15H,13-14,16H2,1-3H3,(H,31,33). The normalized spacial score (nSPS) is 15.5. The van der Waals surface area contributed by atoms with E-state index in [0.29, 0.717) is 35.6 Å². The molecule has 184 valence electrons. The number of rotatable bonds is 5. The predicted molar refractivity (Wildman–Crippen MR) is 128 cm³/mol. The molecule has 1 amide bonds. The van der Waals surface area contributed by atoms with Crippen molar-refractivity contribution in [2.75, 3.05) is 30.0 Å². The van der Waals surface area contributed by atoms with E-state index in [1.165, 1.54) is 24.3 Å². The highest BCUT2D eigenvalue weighted by Gasteiger charge is 2.32. The molecule has 0 bridgehead atoms. The van der Waals surface area contributed by atoms with Gasteiger partial charge in [-0.1, -0.05) is 24.3 Å². The highest BCUT2D eigenvalue weighted by atomic mass is 19.4. The number of anilines is 2. The number of halogens is 3. The molecule has 4 rings (SSSR count). The lowest BCUT2D eigenvalue weighted by Gasteiger charge is -2.42. The van der Waals surface area contributed by atoms with Crippen LogP contribution in [0.2, 0.25) is 0 Å². The molecule has 1 fully saturated rings. The Morgan fingerprint density at radius 2 is 1.86 bits per heavy atom. The van der Waals surface area contributed by atoms with E-state index in [-0.39, 0.29) is 17.2 Å². The number of amides is 1. The quantitative estimate of drug-likeness (QED) is 0.493. The van der Waals surface area contributed by atoms with Crippen molar-refractivity contribution in [3.8, 4) is 16.9 Å². The molecule has 0 saturated carbocycles. The number of alkyl halides is 3. The summed E-state index contributed by atoms with van der Waals surface area (Å²) in [6, 6.07) is 14.5. The first-order valence-electron chi connectivity index (χ1n) is 11.1. The predicted octanol–water partition coefficient (Wildman–Crippen LogP) is 5.82. The fourth-order valence-corrected chi connectivity index (χ4v) is 4.13. The summed E-state index contributed by atoms with van der Waals surface area (Å²) in [5, 5.41) is 2.87. The summed E-state index contributed by atoms with van der Waals surface area (Å²) in [5.41, 5.74) is 2.95. The van der Waals surface area contributed by atoms with Crippen LogP contribution >= 0.6 is 0 Å². The molecule has 0 radical (unpaired) electrons. The number of pyridine rings is 1. The van der Waals surface area contributed by atoms with Gasteiger partial charge in [-0.15, -0.1) is 13.2 Å². The average Bonchev–Trinajstić information content (AvgIpc) is 2.79. The number of aromatic nitrogens is 1. The fraction of sp³-hybridized carbons (Fsp3) is 0.308. The minimum Gasteiger partial charge on any atom is -0.406 e. The molecule has 9 heteroatoms. The second-order valence-corrected chi connectivity index (χ2v) is 8.93. The molecule has 0 aliphatic carbocycles. The highest BCUT2D eigenvalue weighted by molar-refractivity contribution is 6.06. The van der Waals surface area contributed by atoms with Crippen LogP contribution in [0.15, 0.2) is 60.8 Å². The van der Waals surface area contributed by atoms with Gasteiger partial charge in [0.2, 0.25) is 0 Å². The van der Waals surface area contributed by atoms with Crippen LogP contribution in [0.25, 0.3) is 11.1 Å². The van der Waals surface area contributed by atoms with Crippen molar-refractivity contribution >= 4 is 17.4 Å². The van der Waals surface area contributed by atoms with Gasteiger partial charge in [-0.25, -0.2) is 4.98 Å². The van der Waals surface area contributed by atoms with Crippen LogP contribution in [-0.2, 0) is 4.74 Å². The van der Waals surface area contributed by atoms with Crippen molar-refractivity contribution in [2.24, 2.45) is 0 Å². The molecule has 1 aliphatic rings. The summed E-state index contributed by atoms with van der Waals surface area (Å²) in [4.78, 5) is 19.7. The number of nitrogens with zero attached hydrogens (tertiary/aromatic N) is 2. The molecule has 6 nitrogen and oxygen atoms in total. The van der Waals surface area contributed by atoms with Gasteiger partial charge in [0, 0.05) is 12.1 Å². The first kappa shape index (κ1) is 24.5. The highest BCUT2D eigenvalue weighted by Crippen LogP contribution is 2.30. The Morgan fingerprint density at radius 1 is 1.11 bits per heavy atom. The van der Waals surface area contributed by atoms with Crippen molar-refractivity contribution in [1.29, 1.82) is 0 Å². The second kappa shape index (κ2) is 9.58. The van der Waals surface area contributed by atoms with E-state index in [1.54, 1.807) is 25.3 Å². The first-order chi connectivity index (χ1) is 16.5. The summed E-state index contributed by atoms with van der Waals surface area (Å²) in [7, 11) is 0. The molecule has 3 aromatic rings. The lowest BCUT2D eigenvalue weighted by molar-refractivity contribution is -0.274. The number of carbonyl (C=O) groups excluding carboxylic acids is 1. The Labute approximate surface area is 201 Å². The maximum Gasteiger partial charge on any atom is 0.573 e. The Hall–Kier alpha value is -3.59. The molecule has 2 aromatic carbocycles. The minimum atomic E-state index is -4.75. The largest absolute Gasteiger partial charge is 0.573 e. The van der Waals surface area contributed by atoms with E-state index in [2.05, 4.69) is 33.8 Å². The van der Waals surface area contributed by atoms with Gasteiger partial charge in [0.05, 0.1) is 30.6 Å². The zero-order valence-corrected chi connectivity index (χ0v) is 19.6. The Kier molecular flexibility index (Phi) is 6.71. The molecule has 0 spiro atoms. The molecule has 0 unspecified atom stereocenters. The molecule has 1 aliphatic heterocycles. The first-order valence-corrected chi connectivity index (χ1v) is 11.1. The molecule has 1 N–H and O–H groups in total. The Bertz CT molecular complexity index is 1190. The number of nitrogens with one attached hydrogen (secondary N) is 1. The lowest BCUT2D eigenvalue weighted by Crippen LogP contribution is -2.53. The van der Waals surface area contributed by atoms with Crippen LogP contribution < -0.4 is 15.0 Å². The topological polar surface area (TPSA) is 63.7 Å². The number of ether oxygens (including phenoxy) is 2. The van der Waals surface area contributed by atoms with Gasteiger partial charge in [0.1, 0.15) is 11.6 Å². The number of hydrogen-bond donors (Lipinski definition) is 1. The summed E-state index contributed by atoms with van der Waals surface area (Å²) >= 11 is 0. The van der Waals surface area contributed by atoms with Crippen LogP contribution in [-0.4, -0.2) is 42.6 Å². The van der Waals surface area contributed by atoms with Crippen molar-refractivity contribution in [3.05, 3.63) is 71.9 Å². The summed E-state index contributed by atoms with van der Waals surface area (Å²) in [6.45, 7) is 7.97. The van der Waals surface area contributed by atoms with E-state index in [1.807, 2.05) is 18.2 Å². The van der Waals surface area contributed by atoms with Crippen LogP contribution in [0.5, 0.6) is 5.75 Å². The maximum absolute atomic E-state index is 13.0. The molecule has 0 atom stereocenters. The summed E-state index contributed by atoms with van der Waals surface area (Å²) in [6.07, 6.45) is -3.13. The molecular weight excluding hydrogens is 459 g/mol. The fourth-order valence-electron chi connectivity index (χ4n) is 4.13. The number of morpholine rings is 1. The van der Waals surface area contributed by atoms with Crippen molar-refractivity contribution in [2.45, 2.75) is 32.7 Å². The summed E-state index contributed by atoms with van der Waals surface area (Å²) in [5.74, 6) is 0.208. The van der Waals surface area contributed by atoms with Crippen molar-refractivity contribution in [1.82, 2.24) is 4.98 Å². The van der Waals surface area contributed by atoms with Gasteiger partial charge in [-0.3, -0.25) is 4.79 Å². The monoisotopic (exact) mass is 485 g/mol. The van der Waals surface area contributed by atoms with E-state index >= 15 is 0 Å². The van der Waals surface area contributed by atoms with Crippen LogP contribution in [0.1, 0.15) is 29.8 Å². The van der Waals surface area contributed by atoms with Gasteiger partial charge >= 0.3 is 6.36 Å². The van der Waals surface area contributed by atoms with Crippen molar-refractivity contribution < 1.29 is 27.4 Å². The third-order valence-electron chi connectivity index (χ3n) is 5.90. The average molecular weight is 486 g/mol. The van der Waals surface area contributed by atoms with Crippen LogP contribution in [0.4, 0.5) is 24.7 Å². The summed E-state index contributed by atoms with van der Waals surface area (Å²) < 4.78 is 46.8. The Balaban J connectivity index is 1.49. The molecule has 1 aromatic heterocycles. The Morgan fingerprint density at radius 3 is 2.49 bits per heavy atom. The van der Waals surface area contributed by atoms with Crippen molar-refractivity contribution in [3.63, 3.8) is 0 Å². The van der Waals surface area contributed by atoms with E-state index in [4.69, 9.17) is 4.74 Å². The zero-order valence-electron chi connectivity index (χ0n) is 19.6.